The van der Waals surface area contributed by atoms with Gasteiger partial charge in [-0.3, -0.25) is 9.59 Å². The van der Waals surface area contributed by atoms with Crippen molar-refractivity contribution in [2.75, 3.05) is 5.73 Å². The highest BCUT2D eigenvalue weighted by atomic mass is 16.1. The van der Waals surface area contributed by atoms with E-state index in [1.807, 2.05) is 48.5 Å². The summed E-state index contributed by atoms with van der Waals surface area (Å²) in [5.74, 6) is 0.321. The maximum Gasteiger partial charge on any atom is 0.251 e. The van der Waals surface area contributed by atoms with Crippen LogP contribution in [0.2, 0.25) is 0 Å². The first-order valence-electron chi connectivity index (χ1n) is 10.4. The summed E-state index contributed by atoms with van der Waals surface area (Å²) in [4.78, 5) is 31.2. The zero-order valence-corrected chi connectivity index (χ0v) is 17.5. The highest BCUT2D eigenvalue weighted by Crippen LogP contribution is 2.14. The Labute approximate surface area is 186 Å². The van der Waals surface area contributed by atoms with Crippen LogP contribution in [0.25, 0.3) is 0 Å². The van der Waals surface area contributed by atoms with E-state index in [1.54, 1.807) is 24.5 Å². The van der Waals surface area contributed by atoms with Crippen LogP contribution in [0.5, 0.6) is 0 Å². The van der Waals surface area contributed by atoms with Gasteiger partial charge in [-0.1, -0.05) is 48.5 Å². The summed E-state index contributed by atoms with van der Waals surface area (Å²) in [6.45, 7) is 0.391. The second-order valence-corrected chi connectivity index (χ2v) is 7.67. The van der Waals surface area contributed by atoms with Gasteiger partial charge in [0.2, 0.25) is 0 Å². The highest BCUT2D eigenvalue weighted by molar-refractivity contribution is 5.94. The summed E-state index contributed by atoms with van der Waals surface area (Å²) in [6.07, 6.45) is 4.60. The third kappa shape index (κ3) is 5.49. The molecule has 0 atom stereocenters. The number of pyridine rings is 2. The average Bonchev–Trinajstić information content (AvgIpc) is 2.81. The number of nitrogen functional groups attached to an aromatic ring is 1. The Balaban J connectivity index is 1.38. The number of nitrogens with one attached hydrogen (secondary N) is 2. The molecule has 160 valence electrons. The second-order valence-electron chi connectivity index (χ2n) is 7.67. The monoisotopic (exact) mass is 424 g/mol. The number of H-pyrrole nitrogens is 1. The SMILES string of the molecule is Nc1ccc(CNC(=O)c2cccc(Cc3ccc(Cc4ccc[nH]c4=O)cc3)c2)cn1. The number of carbonyl (C=O) groups is 1. The van der Waals surface area contributed by atoms with E-state index in [0.717, 1.165) is 34.2 Å². The number of anilines is 1. The fraction of sp³-hybridized carbons (Fsp3) is 0.115. The predicted octanol–water partition coefficient (Wildman–Crippen LogP) is 3.46. The van der Waals surface area contributed by atoms with Gasteiger partial charge in [0, 0.05) is 36.5 Å². The number of benzene rings is 2. The summed E-state index contributed by atoms with van der Waals surface area (Å²) < 4.78 is 0. The molecule has 0 saturated carbocycles. The van der Waals surface area contributed by atoms with Gasteiger partial charge in [0.25, 0.3) is 11.5 Å². The molecule has 0 aliphatic heterocycles. The minimum absolute atomic E-state index is 0.0562. The van der Waals surface area contributed by atoms with Crippen LogP contribution >= 0.6 is 0 Å². The van der Waals surface area contributed by atoms with Crippen LogP contribution < -0.4 is 16.6 Å². The van der Waals surface area contributed by atoms with Gasteiger partial charge in [-0.15, -0.1) is 0 Å². The van der Waals surface area contributed by atoms with Gasteiger partial charge >= 0.3 is 0 Å². The molecule has 6 heteroatoms. The summed E-state index contributed by atoms with van der Waals surface area (Å²) in [5, 5.41) is 2.91. The number of hydrogen-bond acceptors (Lipinski definition) is 4. The second kappa shape index (κ2) is 9.75. The van der Waals surface area contributed by atoms with Crippen molar-refractivity contribution >= 4 is 11.7 Å². The Hall–Kier alpha value is -4.19. The Morgan fingerprint density at radius 2 is 1.62 bits per heavy atom. The number of amides is 1. The molecule has 0 radical (unpaired) electrons. The topological polar surface area (TPSA) is 101 Å². The molecule has 2 aromatic heterocycles. The van der Waals surface area contributed by atoms with Gasteiger partial charge in [-0.25, -0.2) is 4.98 Å². The van der Waals surface area contributed by atoms with E-state index in [2.05, 4.69) is 27.4 Å². The molecule has 1 amide bonds. The molecule has 6 nitrogen and oxygen atoms in total. The molecule has 2 heterocycles. The number of nitrogens with two attached hydrogens (primary N) is 1. The fourth-order valence-corrected chi connectivity index (χ4v) is 3.47. The van der Waals surface area contributed by atoms with Gasteiger partial charge in [0.15, 0.2) is 0 Å². The first-order chi connectivity index (χ1) is 15.6. The van der Waals surface area contributed by atoms with Crippen LogP contribution in [-0.4, -0.2) is 15.9 Å². The van der Waals surface area contributed by atoms with Crippen molar-refractivity contribution in [3.8, 4) is 0 Å². The maximum atomic E-state index is 12.6. The number of nitrogens with zero attached hydrogens (tertiary/aromatic N) is 1. The van der Waals surface area contributed by atoms with Crippen molar-refractivity contribution in [3.63, 3.8) is 0 Å². The van der Waals surface area contributed by atoms with Crippen LogP contribution in [0.15, 0.2) is 90.0 Å². The van der Waals surface area contributed by atoms with Crippen LogP contribution in [0.1, 0.15) is 38.2 Å². The number of rotatable bonds is 7. The zero-order valence-electron chi connectivity index (χ0n) is 17.5. The molecule has 0 fully saturated rings. The van der Waals surface area contributed by atoms with Crippen LogP contribution in [0, 0.1) is 0 Å². The van der Waals surface area contributed by atoms with Crippen molar-refractivity contribution in [1.29, 1.82) is 0 Å². The maximum absolute atomic E-state index is 12.6. The first kappa shape index (κ1) is 21.1. The fourth-order valence-electron chi connectivity index (χ4n) is 3.47. The minimum atomic E-state index is -0.132. The average molecular weight is 425 g/mol. The van der Waals surface area contributed by atoms with Crippen molar-refractivity contribution in [2.45, 2.75) is 19.4 Å². The summed E-state index contributed by atoms with van der Waals surface area (Å²) in [5.41, 5.74) is 11.1. The van der Waals surface area contributed by atoms with E-state index in [4.69, 9.17) is 5.73 Å². The number of hydrogen-bond donors (Lipinski definition) is 3. The highest BCUT2D eigenvalue weighted by Gasteiger charge is 2.07. The lowest BCUT2D eigenvalue weighted by Gasteiger charge is -2.08. The molecule has 2 aromatic carbocycles. The van der Waals surface area contributed by atoms with E-state index in [1.165, 1.54) is 0 Å². The Kier molecular flexibility index (Phi) is 6.41. The summed E-state index contributed by atoms with van der Waals surface area (Å²) in [6, 6.07) is 23.1. The number of aromatic amines is 1. The number of aromatic nitrogens is 2. The smallest absolute Gasteiger partial charge is 0.251 e. The molecular weight excluding hydrogens is 400 g/mol. The van der Waals surface area contributed by atoms with E-state index >= 15 is 0 Å². The van der Waals surface area contributed by atoms with E-state index in [9.17, 15) is 9.59 Å². The molecule has 0 aliphatic rings. The lowest BCUT2D eigenvalue weighted by molar-refractivity contribution is 0.0951. The molecule has 0 saturated heterocycles. The summed E-state index contributed by atoms with van der Waals surface area (Å²) in [7, 11) is 0. The van der Waals surface area contributed by atoms with Gasteiger partial charge < -0.3 is 16.0 Å². The lowest BCUT2D eigenvalue weighted by Crippen LogP contribution is -2.23. The quantitative estimate of drug-likeness (QED) is 0.423. The van der Waals surface area contributed by atoms with Gasteiger partial charge in [-0.05, 0) is 52.9 Å². The molecule has 4 aromatic rings. The number of carbonyl (C=O) groups excluding carboxylic acids is 1. The third-order valence-corrected chi connectivity index (χ3v) is 5.22. The van der Waals surface area contributed by atoms with E-state index in [-0.39, 0.29) is 11.5 Å². The molecule has 32 heavy (non-hydrogen) atoms. The molecule has 0 bridgehead atoms. The summed E-state index contributed by atoms with van der Waals surface area (Å²) >= 11 is 0. The standard InChI is InChI=1S/C26H24N4O2/c27-24-11-10-21(16-29-24)17-30-26(32)22-4-1-3-20(15-22)13-18-6-8-19(9-7-18)14-23-5-2-12-28-25(23)31/h1-12,15-16H,13-14,17H2,(H2,27,29)(H,28,31)(H,30,32). The van der Waals surface area contributed by atoms with Crippen molar-refractivity contribution < 1.29 is 4.79 Å². The third-order valence-electron chi connectivity index (χ3n) is 5.22. The van der Waals surface area contributed by atoms with Crippen molar-refractivity contribution in [2.24, 2.45) is 0 Å². The molecule has 0 unspecified atom stereocenters. The minimum Gasteiger partial charge on any atom is -0.384 e. The first-order valence-corrected chi connectivity index (χ1v) is 10.4. The van der Waals surface area contributed by atoms with Crippen LogP contribution in [0.4, 0.5) is 5.82 Å². The van der Waals surface area contributed by atoms with Crippen LogP contribution in [0.3, 0.4) is 0 Å². The van der Waals surface area contributed by atoms with Gasteiger partial charge in [-0.2, -0.15) is 0 Å². The lowest BCUT2D eigenvalue weighted by atomic mass is 9.99. The van der Waals surface area contributed by atoms with Crippen molar-refractivity contribution in [1.82, 2.24) is 15.3 Å². The predicted molar refractivity (Wildman–Crippen MR) is 125 cm³/mol. The Morgan fingerprint density at radius 3 is 2.34 bits per heavy atom. The Morgan fingerprint density at radius 1 is 0.875 bits per heavy atom. The molecule has 4 rings (SSSR count). The zero-order chi connectivity index (χ0) is 22.3. The Bertz CT molecular complexity index is 1260. The molecule has 0 spiro atoms. The van der Waals surface area contributed by atoms with Crippen molar-refractivity contribution in [3.05, 3.63) is 129 Å². The molecule has 0 aliphatic carbocycles. The van der Waals surface area contributed by atoms with E-state index < -0.39 is 0 Å². The largest absolute Gasteiger partial charge is 0.384 e. The van der Waals surface area contributed by atoms with E-state index in [0.29, 0.717) is 24.3 Å². The van der Waals surface area contributed by atoms with Gasteiger partial charge in [0.1, 0.15) is 5.82 Å². The molecular formula is C26H24N4O2. The normalized spacial score (nSPS) is 10.6. The van der Waals surface area contributed by atoms with Crippen LogP contribution in [-0.2, 0) is 19.4 Å². The molecule has 4 N–H and O–H groups in total. The van der Waals surface area contributed by atoms with Gasteiger partial charge in [0.05, 0.1) is 0 Å².